The van der Waals surface area contributed by atoms with Crippen LogP contribution in [-0.4, -0.2) is 39.1 Å². The summed E-state index contributed by atoms with van der Waals surface area (Å²) in [5.74, 6) is -0.0386. The fourth-order valence-electron chi connectivity index (χ4n) is 1.21. The van der Waals surface area contributed by atoms with Gasteiger partial charge in [0, 0.05) is 0 Å². The van der Waals surface area contributed by atoms with E-state index in [-0.39, 0.29) is 13.2 Å². The first-order chi connectivity index (χ1) is 8.92. The largest absolute Gasteiger partial charge is 0.491 e. The Kier molecular flexibility index (Phi) is 5.62. The number of rotatable bonds is 6. The van der Waals surface area contributed by atoms with Crippen LogP contribution in [0.3, 0.4) is 0 Å². The molecule has 0 fully saturated rings. The molecule has 0 heterocycles. The molecule has 0 aliphatic rings. The minimum absolute atomic E-state index is 0.00630. The van der Waals surface area contributed by atoms with E-state index >= 15 is 0 Å². The molecule has 0 saturated heterocycles. The highest BCUT2D eigenvalue weighted by molar-refractivity contribution is 5.89. The molecule has 0 radical (unpaired) electrons. The van der Waals surface area contributed by atoms with Crippen molar-refractivity contribution in [2.45, 2.75) is 6.18 Å². The molecule has 1 rings (SSSR count). The minimum Gasteiger partial charge on any atom is -0.491 e. The lowest BCUT2D eigenvalue weighted by Gasteiger charge is -2.09. The fourth-order valence-corrected chi connectivity index (χ4v) is 1.21. The number of carbonyl (C=O) groups is 1. The maximum absolute atomic E-state index is 11.7. The van der Waals surface area contributed by atoms with Crippen molar-refractivity contribution in [3.8, 4) is 5.75 Å². The Morgan fingerprint density at radius 2 is 1.79 bits per heavy atom. The van der Waals surface area contributed by atoms with Crippen molar-refractivity contribution in [2.75, 3.05) is 26.9 Å². The van der Waals surface area contributed by atoms with Gasteiger partial charge in [-0.25, -0.2) is 4.79 Å². The van der Waals surface area contributed by atoms with E-state index in [1.807, 2.05) is 0 Å². The third-order valence-corrected chi connectivity index (χ3v) is 2.04. The number of alkyl halides is 3. The van der Waals surface area contributed by atoms with E-state index in [2.05, 4.69) is 9.47 Å². The molecular formula is C12H13F3O4. The average Bonchev–Trinajstić information content (AvgIpc) is 2.37. The molecule has 0 aliphatic carbocycles. The maximum Gasteiger partial charge on any atom is 0.411 e. The van der Waals surface area contributed by atoms with Crippen LogP contribution in [0.4, 0.5) is 13.2 Å². The van der Waals surface area contributed by atoms with Crippen molar-refractivity contribution in [3.05, 3.63) is 29.8 Å². The van der Waals surface area contributed by atoms with Crippen LogP contribution in [0.2, 0.25) is 0 Å². The van der Waals surface area contributed by atoms with Crippen molar-refractivity contribution >= 4 is 5.97 Å². The summed E-state index contributed by atoms with van der Waals surface area (Å²) in [6, 6.07) is 6.04. The fraction of sp³-hybridized carbons (Fsp3) is 0.417. The summed E-state index contributed by atoms with van der Waals surface area (Å²) in [6.45, 7) is -1.47. The lowest BCUT2D eigenvalue weighted by atomic mass is 10.2. The molecule has 0 aliphatic heterocycles. The number of methoxy groups -OCH3 is 1. The second-order valence-electron chi connectivity index (χ2n) is 3.53. The molecule has 0 bridgehead atoms. The third-order valence-electron chi connectivity index (χ3n) is 2.04. The molecule has 0 spiro atoms. The van der Waals surface area contributed by atoms with Gasteiger partial charge in [0.2, 0.25) is 0 Å². The van der Waals surface area contributed by atoms with Gasteiger partial charge in [-0.3, -0.25) is 0 Å². The molecule has 0 atom stereocenters. The Labute approximate surface area is 108 Å². The zero-order valence-corrected chi connectivity index (χ0v) is 10.2. The summed E-state index contributed by atoms with van der Waals surface area (Å²) in [4.78, 5) is 11.1. The summed E-state index contributed by atoms with van der Waals surface area (Å²) in [5, 5.41) is 0. The standard InChI is InChI=1S/C12H13F3O4/c1-17-11(16)9-2-4-10(5-3-9)19-7-6-18-8-12(13,14)15/h2-5H,6-8H2,1H3. The predicted molar refractivity (Wildman–Crippen MR) is 60.2 cm³/mol. The number of hydrogen-bond acceptors (Lipinski definition) is 4. The highest BCUT2D eigenvalue weighted by atomic mass is 19.4. The van der Waals surface area contributed by atoms with Crippen LogP contribution in [0.25, 0.3) is 0 Å². The zero-order valence-electron chi connectivity index (χ0n) is 10.2. The van der Waals surface area contributed by atoms with Crippen molar-refractivity contribution in [1.29, 1.82) is 0 Å². The second-order valence-corrected chi connectivity index (χ2v) is 3.53. The monoisotopic (exact) mass is 278 g/mol. The summed E-state index contributed by atoms with van der Waals surface area (Å²) >= 11 is 0. The van der Waals surface area contributed by atoms with E-state index in [1.165, 1.54) is 31.4 Å². The SMILES string of the molecule is COC(=O)c1ccc(OCCOCC(F)(F)F)cc1. The Morgan fingerprint density at radius 1 is 1.16 bits per heavy atom. The third kappa shape index (κ3) is 6.10. The molecule has 4 nitrogen and oxygen atoms in total. The molecule has 106 valence electrons. The van der Waals surface area contributed by atoms with Crippen LogP contribution in [0.5, 0.6) is 5.75 Å². The summed E-state index contributed by atoms with van der Waals surface area (Å²) in [6.07, 6.45) is -4.33. The van der Waals surface area contributed by atoms with Crippen LogP contribution >= 0.6 is 0 Å². The molecular weight excluding hydrogens is 265 g/mol. The maximum atomic E-state index is 11.7. The molecule has 1 aromatic rings. The topological polar surface area (TPSA) is 44.8 Å². The van der Waals surface area contributed by atoms with E-state index in [1.54, 1.807) is 0 Å². The van der Waals surface area contributed by atoms with Crippen LogP contribution in [0.1, 0.15) is 10.4 Å². The van der Waals surface area contributed by atoms with Gasteiger partial charge in [-0.15, -0.1) is 0 Å². The van der Waals surface area contributed by atoms with E-state index in [0.717, 1.165) is 0 Å². The summed E-state index contributed by atoms with van der Waals surface area (Å²) in [7, 11) is 1.27. The molecule has 19 heavy (non-hydrogen) atoms. The smallest absolute Gasteiger partial charge is 0.411 e. The van der Waals surface area contributed by atoms with Gasteiger partial charge in [-0.1, -0.05) is 0 Å². The van der Waals surface area contributed by atoms with Gasteiger partial charge in [-0.2, -0.15) is 13.2 Å². The van der Waals surface area contributed by atoms with Crippen molar-refractivity contribution in [3.63, 3.8) is 0 Å². The van der Waals surface area contributed by atoms with E-state index in [9.17, 15) is 18.0 Å². The van der Waals surface area contributed by atoms with E-state index < -0.39 is 18.8 Å². The Hall–Kier alpha value is -1.76. The number of hydrogen-bond donors (Lipinski definition) is 0. The lowest BCUT2D eigenvalue weighted by molar-refractivity contribution is -0.175. The minimum atomic E-state index is -4.33. The van der Waals surface area contributed by atoms with Crippen molar-refractivity contribution in [2.24, 2.45) is 0 Å². The van der Waals surface area contributed by atoms with Crippen LogP contribution in [-0.2, 0) is 9.47 Å². The van der Waals surface area contributed by atoms with Crippen LogP contribution in [0.15, 0.2) is 24.3 Å². The molecule has 0 unspecified atom stereocenters. The Bertz CT molecular complexity index is 400. The van der Waals surface area contributed by atoms with Gasteiger partial charge in [0.1, 0.15) is 19.0 Å². The molecule has 0 amide bonds. The van der Waals surface area contributed by atoms with Gasteiger partial charge in [0.15, 0.2) is 0 Å². The average molecular weight is 278 g/mol. The van der Waals surface area contributed by atoms with Gasteiger partial charge in [-0.05, 0) is 24.3 Å². The zero-order chi connectivity index (χ0) is 14.3. The van der Waals surface area contributed by atoms with Gasteiger partial charge < -0.3 is 14.2 Å². The molecule has 7 heteroatoms. The molecule has 0 saturated carbocycles. The normalized spacial score (nSPS) is 11.2. The first kappa shape index (κ1) is 15.3. The number of ether oxygens (including phenoxy) is 3. The Balaban J connectivity index is 2.29. The number of carbonyl (C=O) groups excluding carboxylic acids is 1. The number of benzene rings is 1. The van der Waals surface area contributed by atoms with Gasteiger partial charge in [0.25, 0.3) is 0 Å². The van der Waals surface area contributed by atoms with Gasteiger partial charge >= 0.3 is 12.1 Å². The lowest BCUT2D eigenvalue weighted by Crippen LogP contribution is -2.19. The van der Waals surface area contributed by atoms with Crippen LogP contribution < -0.4 is 4.74 Å². The quantitative estimate of drug-likeness (QED) is 0.592. The van der Waals surface area contributed by atoms with Crippen LogP contribution in [0, 0.1) is 0 Å². The van der Waals surface area contributed by atoms with Crippen molar-refractivity contribution in [1.82, 2.24) is 0 Å². The Morgan fingerprint density at radius 3 is 2.32 bits per heavy atom. The number of esters is 1. The summed E-state index contributed by atoms with van der Waals surface area (Å²) < 4.78 is 49.3. The highest BCUT2D eigenvalue weighted by Gasteiger charge is 2.27. The van der Waals surface area contributed by atoms with Gasteiger partial charge in [0.05, 0.1) is 19.3 Å². The van der Waals surface area contributed by atoms with E-state index in [4.69, 9.17) is 4.74 Å². The van der Waals surface area contributed by atoms with E-state index in [0.29, 0.717) is 11.3 Å². The summed E-state index contributed by atoms with van der Waals surface area (Å²) in [5.41, 5.74) is 0.364. The highest BCUT2D eigenvalue weighted by Crippen LogP contribution is 2.15. The predicted octanol–water partition coefficient (Wildman–Crippen LogP) is 2.43. The first-order valence-electron chi connectivity index (χ1n) is 5.38. The molecule has 0 N–H and O–H groups in total. The second kappa shape index (κ2) is 6.98. The molecule has 0 aromatic heterocycles. The molecule has 1 aromatic carbocycles. The van der Waals surface area contributed by atoms with Crippen molar-refractivity contribution < 1.29 is 32.2 Å². The number of halogens is 3. The first-order valence-corrected chi connectivity index (χ1v) is 5.38.